The zero-order valence-electron chi connectivity index (χ0n) is 13.3. The Hall–Kier alpha value is -2.38. The van der Waals surface area contributed by atoms with Gasteiger partial charge in [-0.05, 0) is 12.8 Å². The number of ether oxygens (including phenoxy) is 1. The van der Waals surface area contributed by atoms with Crippen LogP contribution >= 0.6 is 0 Å². The lowest BCUT2D eigenvalue weighted by Gasteiger charge is -2.10. The average Bonchev–Trinajstić information content (AvgIpc) is 3.20. The van der Waals surface area contributed by atoms with E-state index < -0.39 is 11.2 Å². The molecule has 0 saturated heterocycles. The first kappa shape index (κ1) is 15.5. The Kier molecular flexibility index (Phi) is 4.06. The van der Waals surface area contributed by atoms with Crippen molar-refractivity contribution in [1.82, 2.24) is 18.7 Å². The summed E-state index contributed by atoms with van der Waals surface area (Å²) in [6, 6.07) is 0. The molecular weight excluding hydrogens is 300 g/mol. The van der Waals surface area contributed by atoms with Crippen LogP contribution in [0.2, 0.25) is 0 Å². The van der Waals surface area contributed by atoms with Gasteiger partial charge in [0, 0.05) is 14.1 Å². The van der Waals surface area contributed by atoms with E-state index in [1.54, 1.807) is 11.6 Å². The summed E-state index contributed by atoms with van der Waals surface area (Å²) in [6.45, 7) is 0.523. The lowest BCUT2D eigenvalue weighted by Crippen LogP contribution is -2.37. The number of fused-ring (bicyclic) bond motifs is 1. The van der Waals surface area contributed by atoms with Crippen molar-refractivity contribution < 1.29 is 9.53 Å². The Morgan fingerprint density at radius 2 is 1.96 bits per heavy atom. The Morgan fingerprint density at radius 1 is 1.26 bits per heavy atom. The highest BCUT2D eigenvalue weighted by molar-refractivity contribution is 5.72. The fourth-order valence-electron chi connectivity index (χ4n) is 3.09. The first-order valence-electron chi connectivity index (χ1n) is 7.78. The fraction of sp³-hybridized carbons (Fsp3) is 0.600. The summed E-state index contributed by atoms with van der Waals surface area (Å²) in [5.74, 6) is -0.143. The van der Waals surface area contributed by atoms with Crippen LogP contribution in [0.4, 0.5) is 0 Å². The van der Waals surface area contributed by atoms with E-state index in [1.807, 2.05) is 0 Å². The van der Waals surface area contributed by atoms with E-state index in [-0.39, 0.29) is 18.5 Å². The Bertz CT molecular complexity index is 855. The second-order valence-corrected chi connectivity index (χ2v) is 5.96. The van der Waals surface area contributed by atoms with E-state index in [1.165, 1.54) is 17.9 Å². The maximum absolute atomic E-state index is 12.3. The summed E-state index contributed by atoms with van der Waals surface area (Å²) >= 11 is 0. The molecule has 0 N–H and O–H groups in total. The molecule has 1 aliphatic rings. The van der Waals surface area contributed by atoms with Gasteiger partial charge in [0.05, 0.1) is 18.8 Å². The Labute approximate surface area is 132 Å². The largest absolute Gasteiger partial charge is 0.464 e. The third-order valence-corrected chi connectivity index (χ3v) is 4.48. The van der Waals surface area contributed by atoms with Crippen LogP contribution in [0.25, 0.3) is 11.2 Å². The number of rotatable bonds is 4. The molecule has 0 amide bonds. The summed E-state index contributed by atoms with van der Waals surface area (Å²) in [7, 11) is 3.00. The maximum atomic E-state index is 12.3. The van der Waals surface area contributed by atoms with E-state index >= 15 is 0 Å². The highest BCUT2D eigenvalue weighted by atomic mass is 16.5. The standard InChI is InChI=1S/C15H20N4O4/c1-17-12-11(13(20)18(2)15(17)22)19(9-16-12)7-8-23-14(21)10-5-3-4-6-10/h9-10H,3-8H2,1-2H3. The van der Waals surface area contributed by atoms with Crippen LogP contribution in [0.15, 0.2) is 15.9 Å². The Balaban J connectivity index is 1.77. The number of hydrogen-bond donors (Lipinski definition) is 0. The van der Waals surface area contributed by atoms with Gasteiger partial charge in [-0.25, -0.2) is 9.78 Å². The van der Waals surface area contributed by atoms with E-state index in [0.717, 1.165) is 30.3 Å². The highest BCUT2D eigenvalue weighted by Gasteiger charge is 2.24. The van der Waals surface area contributed by atoms with Gasteiger partial charge in [-0.2, -0.15) is 0 Å². The molecule has 8 nitrogen and oxygen atoms in total. The highest BCUT2D eigenvalue weighted by Crippen LogP contribution is 2.25. The second-order valence-electron chi connectivity index (χ2n) is 5.96. The lowest BCUT2D eigenvalue weighted by molar-refractivity contribution is -0.148. The van der Waals surface area contributed by atoms with Crippen LogP contribution in [-0.2, 0) is 30.2 Å². The minimum absolute atomic E-state index is 0.0169. The van der Waals surface area contributed by atoms with E-state index in [4.69, 9.17) is 4.74 Å². The zero-order chi connectivity index (χ0) is 16.6. The first-order valence-corrected chi connectivity index (χ1v) is 7.78. The number of aromatic nitrogens is 4. The molecule has 0 radical (unpaired) electrons. The molecule has 2 aromatic heterocycles. The van der Waals surface area contributed by atoms with Gasteiger partial charge in [-0.15, -0.1) is 0 Å². The van der Waals surface area contributed by atoms with Gasteiger partial charge in [0.2, 0.25) is 0 Å². The van der Waals surface area contributed by atoms with Gasteiger partial charge < -0.3 is 9.30 Å². The SMILES string of the molecule is Cn1c(=O)c2c(ncn2CCOC(=O)C2CCCC2)n(C)c1=O. The normalized spacial score (nSPS) is 15.4. The third kappa shape index (κ3) is 2.69. The summed E-state index contributed by atoms with van der Waals surface area (Å²) in [5, 5.41) is 0. The molecule has 0 spiro atoms. The molecule has 0 aliphatic heterocycles. The molecule has 1 fully saturated rings. The number of imidazole rings is 1. The van der Waals surface area contributed by atoms with Gasteiger partial charge >= 0.3 is 11.7 Å². The molecule has 1 aliphatic carbocycles. The molecule has 124 valence electrons. The maximum Gasteiger partial charge on any atom is 0.332 e. The quantitative estimate of drug-likeness (QED) is 0.749. The van der Waals surface area contributed by atoms with E-state index in [0.29, 0.717) is 17.7 Å². The number of carbonyl (C=O) groups excluding carboxylic acids is 1. The van der Waals surface area contributed by atoms with Crippen LogP contribution < -0.4 is 11.2 Å². The summed E-state index contributed by atoms with van der Waals surface area (Å²) in [4.78, 5) is 40.2. The van der Waals surface area contributed by atoms with Crippen LogP contribution in [0.1, 0.15) is 25.7 Å². The minimum atomic E-state index is -0.416. The van der Waals surface area contributed by atoms with E-state index in [9.17, 15) is 14.4 Å². The van der Waals surface area contributed by atoms with Crippen molar-refractivity contribution in [3.05, 3.63) is 27.2 Å². The van der Waals surface area contributed by atoms with Crippen molar-refractivity contribution >= 4 is 17.1 Å². The van der Waals surface area contributed by atoms with Crippen molar-refractivity contribution in [2.75, 3.05) is 6.61 Å². The molecule has 2 heterocycles. The molecule has 0 atom stereocenters. The van der Waals surface area contributed by atoms with Crippen LogP contribution in [0, 0.1) is 5.92 Å². The number of aryl methyl sites for hydroxylation is 1. The Morgan fingerprint density at radius 3 is 2.65 bits per heavy atom. The van der Waals surface area contributed by atoms with Crippen LogP contribution in [0.5, 0.6) is 0 Å². The number of nitrogens with zero attached hydrogens (tertiary/aromatic N) is 4. The number of hydrogen-bond acceptors (Lipinski definition) is 5. The molecule has 23 heavy (non-hydrogen) atoms. The predicted octanol–water partition coefficient (Wildman–Crippen LogP) is 0.167. The minimum Gasteiger partial charge on any atom is -0.464 e. The number of esters is 1. The molecule has 0 unspecified atom stereocenters. The smallest absolute Gasteiger partial charge is 0.332 e. The second kappa shape index (κ2) is 6.02. The van der Waals surface area contributed by atoms with Gasteiger partial charge in [-0.1, -0.05) is 12.8 Å². The van der Waals surface area contributed by atoms with E-state index in [2.05, 4.69) is 4.98 Å². The molecule has 2 aromatic rings. The monoisotopic (exact) mass is 320 g/mol. The van der Waals surface area contributed by atoms with Crippen molar-refractivity contribution in [2.45, 2.75) is 32.2 Å². The summed E-state index contributed by atoms with van der Waals surface area (Å²) in [5.41, 5.74) is -0.144. The fourth-order valence-corrected chi connectivity index (χ4v) is 3.09. The van der Waals surface area contributed by atoms with Crippen molar-refractivity contribution in [2.24, 2.45) is 20.0 Å². The van der Waals surface area contributed by atoms with Crippen molar-refractivity contribution in [1.29, 1.82) is 0 Å². The third-order valence-electron chi connectivity index (χ3n) is 4.48. The van der Waals surface area contributed by atoms with Gasteiger partial charge in [0.25, 0.3) is 5.56 Å². The predicted molar refractivity (Wildman–Crippen MR) is 83.1 cm³/mol. The van der Waals surface area contributed by atoms with Gasteiger partial charge in [-0.3, -0.25) is 18.7 Å². The van der Waals surface area contributed by atoms with Gasteiger partial charge in [0.15, 0.2) is 11.2 Å². The summed E-state index contributed by atoms with van der Waals surface area (Å²) in [6.07, 6.45) is 5.45. The first-order chi connectivity index (χ1) is 11.0. The summed E-state index contributed by atoms with van der Waals surface area (Å²) < 4.78 is 9.31. The van der Waals surface area contributed by atoms with Crippen LogP contribution in [0.3, 0.4) is 0 Å². The van der Waals surface area contributed by atoms with Crippen molar-refractivity contribution in [3.8, 4) is 0 Å². The topological polar surface area (TPSA) is 88.1 Å². The van der Waals surface area contributed by atoms with Crippen molar-refractivity contribution in [3.63, 3.8) is 0 Å². The van der Waals surface area contributed by atoms with Crippen LogP contribution in [-0.4, -0.2) is 31.3 Å². The molecule has 0 bridgehead atoms. The molecule has 3 rings (SSSR count). The number of carbonyl (C=O) groups is 1. The molecular formula is C15H20N4O4. The zero-order valence-corrected chi connectivity index (χ0v) is 13.3. The lowest BCUT2D eigenvalue weighted by atomic mass is 10.1. The molecule has 1 saturated carbocycles. The molecule has 0 aromatic carbocycles. The van der Waals surface area contributed by atoms with Gasteiger partial charge in [0.1, 0.15) is 6.61 Å². The molecule has 8 heteroatoms. The average molecular weight is 320 g/mol.